The minimum Gasteiger partial charge on any atom is -0.452 e. The normalized spacial score (nSPS) is 10.3. The van der Waals surface area contributed by atoms with Crippen LogP contribution in [0.5, 0.6) is 11.5 Å². The molecule has 0 fully saturated rings. The number of carbonyl (C=O) groups is 2. The lowest BCUT2D eigenvalue weighted by molar-refractivity contribution is -0.385. The first-order valence-electron chi connectivity index (χ1n) is 8.43. The van der Waals surface area contributed by atoms with Crippen LogP contribution in [0, 0.1) is 17.0 Å². The van der Waals surface area contributed by atoms with Crippen molar-refractivity contribution in [2.75, 3.05) is 11.9 Å². The van der Waals surface area contributed by atoms with Crippen molar-refractivity contribution in [2.45, 2.75) is 6.92 Å². The lowest BCUT2D eigenvalue weighted by atomic mass is 10.2. The van der Waals surface area contributed by atoms with Gasteiger partial charge in [0.1, 0.15) is 5.75 Å². The number of aromatic nitrogens is 1. The number of rotatable bonds is 7. The van der Waals surface area contributed by atoms with Crippen LogP contribution in [0.1, 0.15) is 16.1 Å². The smallest absolute Gasteiger partial charge is 0.338 e. The third-order valence-corrected chi connectivity index (χ3v) is 4.75. The summed E-state index contributed by atoms with van der Waals surface area (Å²) >= 11 is 7.04. The third-order valence-electron chi connectivity index (χ3n) is 3.64. The molecule has 0 saturated heterocycles. The molecule has 2 aromatic carbocycles. The van der Waals surface area contributed by atoms with Gasteiger partial charge < -0.3 is 9.47 Å². The minimum atomic E-state index is -0.704. The Balaban J connectivity index is 1.58. The highest BCUT2D eigenvalue weighted by atomic mass is 35.5. The Bertz CT molecular complexity index is 1100. The average molecular weight is 448 g/mol. The number of esters is 1. The molecule has 1 heterocycles. The van der Waals surface area contributed by atoms with E-state index in [0.29, 0.717) is 5.13 Å². The van der Waals surface area contributed by atoms with Gasteiger partial charge in [0.25, 0.3) is 5.91 Å². The Morgan fingerprint density at radius 1 is 1.23 bits per heavy atom. The molecular formula is C19H14ClN3O6S. The molecule has 0 spiro atoms. The van der Waals surface area contributed by atoms with Crippen LogP contribution in [0.15, 0.2) is 47.8 Å². The Morgan fingerprint density at radius 3 is 2.60 bits per heavy atom. The fraction of sp³-hybridized carbons (Fsp3) is 0.105. The summed E-state index contributed by atoms with van der Waals surface area (Å²) in [6.45, 7) is 1.33. The molecular weight excluding hydrogens is 434 g/mol. The molecule has 30 heavy (non-hydrogen) atoms. The standard InChI is InChI=1S/C19H14ClN3O6S/c1-11-10-30-19(21-11)22-17(24)9-28-18(25)12-2-5-14(6-3-12)29-16-7-4-13(20)8-15(16)23(26)27/h2-8,10H,9H2,1H3,(H,21,22,24). The average Bonchev–Trinajstić information content (AvgIpc) is 3.12. The number of nitrogens with zero attached hydrogens (tertiary/aromatic N) is 2. The molecule has 3 aromatic rings. The summed E-state index contributed by atoms with van der Waals surface area (Å²) in [4.78, 5) is 38.5. The van der Waals surface area contributed by atoms with Crippen molar-refractivity contribution in [3.63, 3.8) is 0 Å². The largest absolute Gasteiger partial charge is 0.452 e. The van der Waals surface area contributed by atoms with E-state index in [0.717, 1.165) is 5.69 Å². The van der Waals surface area contributed by atoms with E-state index in [-0.39, 0.29) is 27.8 Å². The van der Waals surface area contributed by atoms with Crippen molar-refractivity contribution in [3.05, 3.63) is 74.2 Å². The number of hydrogen-bond donors (Lipinski definition) is 1. The quantitative estimate of drug-likeness (QED) is 0.319. The van der Waals surface area contributed by atoms with Crippen molar-refractivity contribution in [3.8, 4) is 11.5 Å². The molecule has 0 atom stereocenters. The van der Waals surface area contributed by atoms with E-state index in [2.05, 4.69) is 10.3 Å². The molecule has 1 aromatic heterocycles. The molecule has 0 radical (unpaired) electrons. The predicted molar refractivity (Wildman–Crippen MR) is 110 cm³/mol. The molecule has 0 saturated carbocycles. The molecule has 11 heteroatoms. The monoisotopic (exact) mass is 447 g/mol. The van der Waals surface area contributed by atoms with E-state index >= 15 is 0 Å². The maximum absolute atomic E-state index is 12.1. The van der Waals surface area contributed by atoms with Crippen LogP contribution >= 0.6 is 22.9 Å². The van der Waals surface area contributed by atoms with Gasteiger partial charge in [0.05, 0.1) is 16.2 Å². The zero-order chi connectivity index (χ0) is 21.7. The molecule has 1 N–H and O–H groups in total. The number of nitrogens with one attached hydrogen (secondary N) is 1. The lowest BCUT2D eigenvalue weighted by Gasteiger charge is -2.08. The minimum absolute atomic E-state index is 0.00817. The number of aryl methyl sites for hydroxylation is 1. The fourth-order valence-electron chi connectivity index (χ4n) is 2.29. The molecule has 0 aliphatic carbocycles. The molecule has 154 valence electrons. The van der Waals surface area contributed by atoms with E-state index in [1.807, 2.05) is 0 Å². The number of nitro benzene ring substituents is 1. The van der Waals surface area contributed by atoms with Gasteiger partial charge >= 0.3 is 11.7 Å². The van der Waals surface area contributed by atoms with E-state index in [1.54, 1.807) is 12.3 Å². The molecule has 9 nitrogen and oxygen atoms in total. The Labute approximate surface area is 179 Å². The van der Waals surface area contributed by atoms with E-state index < -0.39 is 23.4 Å². The zero-order valence-corrected chi connectivity index (χ0v) is 17.0. The van der Waals surface area contributed by atoms with Crippen LogP contribution in [0.2, 0.25) is 5.02 Å². The van der Waals surface area contributed by atoms with Crippen LogP contribution in [0.25, 0.3) is 0 Å². The number of thiazole rings is 1. The second kappa shape index (κ2) is 9.33. The molecule has 1 amide bonds. The fourth-order valence-corrected chi connectivity index (χ4v) is 3.16. The predicted octanol–water partition coefficient (Wildman–Crippen LogP) is 4.60. The van der Waals surface area contributed by atoms with Gasteiger partial charge in [0.2, 0.25) is 5.75 Å². The van der Waals surface area contributed by atoms with Gasteiger partial charge in [0.15, 0.2) is 11.7 Å². The number of carbonyl (C=O) groups excluding carboxylic acids is 2. The second-order valence-electron chi connectivity index (χ2n) is 5.91. The van der Waals surface area contributed by atoms with Gasteiger partial charge in [-0.15, -0.1) is 11.3 Å². The Hall–Kier alpha value is -3.50. The van der Waals surface area contributed by atoms with E-state index in [1.165, 1.54) is 53.8 Å². The highest BCUT2D eigenvalue weighted by molar-refractivity contribution is 7.13. The van der Waals surface area contributed by atoms with Crippen molar-refractivity contribution in [2.24, 2.45) is 0 Å². The summed E-state index contributed by atoms with van der Waals surface area (Å²) in [5, 5.41) is 16.1. The number of hydrogen-bond acceptors (Lipinski definition) is 8. The van der Waals surface area contributed by atoms with Crippen molar-refractivity contribution in [1.82, 2.24) is 4.98 Å². The van der Waals surface area contributed by atoms with Crippen molar-refractivity contribution < 1.29 is 24.0 Å². The SMILES string of the molecule is Cc1csc(NC(=O)COC(=O)c2ccc(Oc3ccc(Cl)cc3[N+](=O)[O-])cc2)n1. The number of nitro groups is 1. The number of ether oxygens (including phenoxy) is 2. The van der Waals surface area contributed by atoms with Crippen LogP contribution in [-0.4, -0.2) is 28.4 Å². The van der Waals surface area contributed by atoms with Gasteiger partial charge in [-0.3, -0.25) is 20.2 Å². The van der Waals surface area contributed by atoms with Gasteiger partial charge in [0, 0.05) is 16.5 Å². The van der Waals surface area contributed by atoms with Gasteiger partial charge in [-0.1, -0.05) is 11.6 Å². The second-order valence-corrected chi connectivity index (χ2v) is 7.21. The van der Waals surface area contributed by atoms with Crippen molar-refractivity contribution >= 4 is 45.6 Å². The molecule has 0 bridgehead atoms. The van der Waals surface area contributed by atoms with Crippen LogP contribution in [0.3, 0.4) is 0 Å². The molecule has 0 unspecified atom stereocenters. The van der Waals surface area contributed by atoms with E-state index in [4.69, 9.17) is 21.1 Å². The lowest BCUT2D eigenvalue weighted by Crippen LogP contribution is -2.20. The van der Waals surface area contributed by atoms with Crippen LogP contribution < -0.4 is 10.1 Å². The van der Waals surface area contributed by atoms with Crippen LogP contribution in [-0.2, 0) is 9.53 Å². The molecule has 0 aliphatic heterocycles. The van der Waals surface area contributed by atoms with Gasteiger partial charge in [-0.25, -0.2) is 9.78 Å². The first kappa shape index (κ1) is 21.2. The number of halogens is 1. The number of benzene rings is 2. The first-order chi connectivity index (χ1) is 14.3. The van der Waals surface area contributed by atoms with Crippen LogP contribution in [0.4, 0.5) is 10.8 Å². The maximum Gasteiger partial charge on any atom is 0.338 e. The zero-order valence-electron chi connectivity index (χ0n) is 15.5. The Kier molecular flexibility index (Phi) is 6.60. The number of anilines is 1. The summed E-state index contributed by atoms with van der Waals surface area (Å²) in [5.41, 5.74) is 0.678. The topological polar surface area (TPSA) is 121 Å². The third kappa shape index (κ3) is 5.52. The summed E-state index contributed by atoms with van der Waals surface area (Å²) in [6, 6.07) is 9.77. The molecule has 0 aliphatic rings. The highest BCUT2D eigenvalue weighted by Gasteiger charge is 2.17. The maximum atomic E-state index is 12.1. The first-order valence-corrected chi connectivity index (χ1v) is 9.68. The summed E-state index contributed by atoms with van der Waals surface area (Å²) < 4.78 is 10.5. The summed E-state index contributed by atoms with van der Waals surface area (Å²) in [6.07, 6.45) is 0. The summed E-state index contributed by atoms with van der Waals surface area (Å²) in [7, 11) is 0. The van der Waals surface area contributed by atoms with E-state index in [9.17, 15) is 19.7 Å². The van der Waals surface area contributed by atoms with Gasteiger partial charge in [-0.05, 0) is 43.3 Å². The van der Waals surface area contributed by atoms with Gasteiger partial charge in [-0.2, -0.15) is 0 Å². The Morgan fingerprint density at radius 2 is 1.97 bits per heavy atom. The van der Waals surface area contributed by atoms with Crippen molar-refractivity contribution in [1.29, 1.82) is 0 Å². The highest BCUT2D eigenvalue weighted by Crippen LogP contribution is 2.33. The number of amides is 1. The summed E-state index contributed by atoms with van der Waals surface area (Å²) in [5.74, 6) is -0.931. The molecule has 3 rings (SSSR count).